The molecule has 1 heterocycles. The second kappa shape index (κ2) is 6.25. The maximum atomic E-state index is 8.98. The number of rotatable bonds is 5. The lowest BCUT2D eigenvalue weighted by Crippen LogP contribution is -2.07. The van der Waals surface area contributed by atoms with Gasteiger partial charge in [0.05, 0.1) is 17.9 Å². The van der Waals surface area contributed by atoms with Gasteiger partial charge in [-0.2, -0.15) is 10.4 Å². The minimum Gasteiger partial charge on any atom is -0.492 e. The molecule has 1 aromatic carbocycles. The lowest BCUT2D eigenvalue weighted by Gasteiger charge is -2.08. The number of nitriles is 1. The molecule has 0 aliphatic rings. The van der Waals surface area contributed by atoms with Crippen LogP contribution in [-0.4, -0.2) is 16.4 Å². The van der Waals surface area contributed by atoms with Gasteiger partial charge < -0.3 is 4.74 Å². The van der Waals surface area contributed by atoms with Crippen molar-refractivity contribution < 1.29 is 4.74 Å². The zero-order chi connectivity index (χ0) is 14.5. The first-order chi connectivity index (χ1) is 9.63. The molecule has 4 heteroatoms. The molecule has 1 aromatic heterocycles. The predicted octanol–water partition coefficient (Wildman–Crippen LogP) is 3.15. The highest BCUT2D eigenvalue weighted by Gasteiger charge is 2.07. The van der Waals surface area contributed by atoms with E-state index in [0.717, 1.165) is 18.7 Å². The molecule has 20 heavy (non-hydrogen) atoms. The third kappa shape index (κ3) is 3.00. The molecule has 0 aliphatic heterocycles. The van der Waals surface area contributed by atoms with Crippen LogP contribution in [-0.2, 0) is 6.54 Å². The summed E-state index contributed by atoms with van der Waals surface area (Å²) in [7, 11) is 0. The van der Waals surface area contributed by atoms with E-state index in [1.54, 1.807) is 6.07 Å². The van der Waals surface area contributed by atoms with Gasteiger partial charge in [0.1, 0.15) is 11.8 Å². The van der Waals surface area contributed by atoms with Crippen molar-refractivity contribution in [3.05, 3.63) is 46.8 Å². The van der Waals surface area contributed by atoms with Crippen LogP contribution >= 0.6 is 0 Å². The largest absolute Gasteiger partial charge is 0.492 e. The normalized spacial score (nSPS) is 10.3. The quantitative estimate of drug-likeness (QED) is 0.783. The Bertz CT molecular complexity index is 638. The summed E-state index contributed by atoms with van der Waals surface area (Å²) in [6.45, 7) is 7.61. The molecule has 0 N–H and O–H groups in total. The smallest absolute Gasteiger partial charge is 0.137 e. The Morgan fingerprint density at radius 2 is 2.00 bits per heavy atom. The van der Waals surface area contributed by atoms with Gasteiger partial charge in [-0.3, -0.25) is 4.68 Å². The first kappa shape index (κ1) is 14.1. The molecule has 0 bridgehead atoms. The summed E-state index contributed by atoms with van der Waals surface area (Å²) in [5.74, 6) is 0.652. The highest BCUT2D eigenvalue weighted by Crippen LogP contribution is 2.17. The molecule has 0 spiro atoms. The second-order valence-corrected chi connectivity index (χ2v) is 4.83. The fourth-order valence-corrected chi connectivity index (χ4v) is 2.09. The Kier molecular flexibility index (Phi) is 4.41. The lowest BCUT2D eigenvalue weighted by atomic mass is 10.2. The molecule has 2 rings (SSSR count). The molecule has 0 aliphatic carbocycles. The van der Waals surface area contributed by atoms with Gasteiger partial charge in [0.15, 0.2) is 0 Å². The molecule has 4 nitrogen and oxygen atoms in total. The number of aryl methyl sites for hydroxylation is 2. The fourth-order valence-electron chi connectivity index (χ4n) is 2.09. The van der Waals surface area contributed by atoms with Gasteiger partial charge in [-0.15, -0.1) is 0 Å². The molecule has 0 saturated carbocycles. The molecule has 0 atom stereocenters. The number of nitrogens with zero attached hydrogens (tertiary/aromatic N) is 3. The van der Waals surface area contributed by atoms with E-state index in [0.29, 0.717) is 17.9 Å². The second-order valence-electron chi connectivity index (χ2n) is 4.83. The summed E-state index contributed by atoms with van der Waals surface area (Å²) < 4.78 is 7.68. The van der Waals surface area contributed by atoms with Crippen molar-refractivity contribution in [3.63, 3.8) is 0 Å². The maximum Gasteiger partial charge on any atom is 0.137 e. The van der Waals surface area contributed by atoms with Crippen LogP contribution in [0.4, 0.5) is 0 Å². The summed E-state index contributed by atoms with van der Waals surface area (Å²) in [6.07, 6.45) is 0.862. The number of benzene rings is 1. The number of hydrogen-bond acceptors (Lipinski definition) is 3. The van der Waals surface area contributed by atoms with E-state index in [1.807, 2.05) is 29.8 Å². The molecule has 2 aromatic rings. The van der Waals surface area contributed by atoms with Crippen molar-refractivity contribution >= 4 is 0 Å². The van der Waals surface area contributed by atoms with E-state index in [9.17, 15) is 0 Å². The van der Waals surface area contributed by atoms with Crippen molar-refractivity contribution in [2.24, 2.45) is 0 Å². The zero-order valence-corrected chi connectivity index (χ0v) is 12.2. The average Bonchev–Trinajstić information content (AvgIpc) is 2.71. The van der Waals surface area contributed by atoms with E-state index in [-0.39, 0.29) is 0 Å². The van der Waals surface area contributed by atoms with E-state index < -0.39 is 0 Å². The van der Waals surface area contributed by atoms with Crippen LogP contribution < -0.4 is 4.74 Å². The predicted molar refractivity (Wildman–Crippen MR) is 77.7 cm³/mol. The maximum absolute atomic E-state index is 8.98. The molecule has 0 radical (unpaired) electrons. The highest BCUT2D eigenvalue weighted by molar-refractivity contribution is 5.42. The number of para-hydroxylation sites is 1. The Morgan fingerprint density at radius 3 is 2.65 bits per heavy atom. The first-order valence-electron chi connectivity index (χ1n) is 6.76. The Labute approximate surface area is 119 Å². The fraction of sp³-hybridized carbons (Fsp3) is 0.375. The Hall–Kier alpha value is -2.28. The highest BCUT2D eigenvalue weighted by atomic mass is 16.5. The van der Waals surface area contributed by atoms with Crippen LogP contribution in [0.1, 0.15) is 28.9 Å². The van der Waals surface area contributed by atoms with Gasteiger partial charge >= 0.3 is 0 Å². The summed E-state index contributed by atoms with van der Waals surface area (Å²) in [6, 6.07) is 9.43. The molecule has 0 unspecified atom stereocenters. The van der Waals surface area contributed by atoms with Crippen LogP contribution in [0.2, 0.25) is 0 Å². The van der Waals surface area contributed by atoms with Crippen molar-refractivity contribution in [1.29, 1.82) is 5.26 Å². The van der Waals surface area contributed by atoms with Gasteiger partial charge in [0.25, 0.3) is 0 Å². The summed E-state index contributed by atoms with van der Waals surface area (Å²) in [5.41, 5.74) is 4.12. The zero-order valence-electron chi connectivity index (χ0n) is 12.2. The van der Waals surface area contributed by atoms with Crippen LogP contribution in [0, 0.1) is 32.1 Å². The van der Waals surface area contributed by atoms with Gasteiger partial charge in [-0.1, -0.05) is 12.1 Å². The summed E-state index contributed by atoms with van der Waals surface area (Å²) in [4.78, 5) is 0. The van der Waals surface area contributed by atoms with E-state index in [4.69, 9.17) is 10.00 Å². The van der Waals surface area contributed by atoms with Gasteiger partial charge in [-0.25, -0.2) is 0 Å². The third-order valence-corrected chi connectivity index (χ3v) is 3.52. The van der Waals surface area contributed by atoms with Gasteiger partial charge in [0.2, 0.25) is 0 Å². The standard InChI is InChI=1S/C16H19N3O/c1-12-13(2)18-19(14(12)3)9-6-10-20-16-8-5-4-7-15(16)11-17/h4-5,7-8H,6,9-10H2,1-3H3. The summed E-state index contributed by atoms with van der Waals surface area (Å²) in [5, 5.41) is 13.5. The third-order valence-electron chi connectivity index (χ3n) is 3.52. The van der Waals surface area contributed by atoms with Crippen molar-refractivity contribution in [1.82, 2.24) is 9.78 Å². The number of aromatic nitrogens is 2. The molecule has 0 fully saturated rings. The van der Waals surface area contributed by atoms with Crippen LogP contribution in [0.15, 0.2) is 24.3 Å². The molecular weight excluding hydrogens is 250 g/mol. The molecule has 104 valence electrons. The van der Waals surface area contributed by atoms with Crippen LogP contribution in [0.3, 0.4) is 0 Å². The van der Waals surface area contributed by atoms with Crippen LogP contribution in [0.5, 0.6) is 5.75 Å². The minimum absolute atomic E-state index is 0.578. The Morgan fingerprint density at radius 1 is 1.25 bits per heavy atom. The minimum atomic E-state index is 0.578. The Balaban J connectivity index is 1.88. The van der Waals surface area contributed by atoms with Crippen molar-refractivity contribution in [2.45, 2.75) is 33.7 Å². The lowest BCUT2D eigenvalue weighted by molar-refractivity contribution is 0.297. The summed E-state index contributed by atoms with van der Waals surface area (Å²) >= 11 is 0. The molecule has 0 amide bonds. The molecular formula is C16H19N3O. The first-order valence-corrected chi connectivity index (χ1v) is 6.76. The van der Waals surface area contributed by atoms with Crippen LogP contribution in [0.25, 0.3) is 0 Å². The SMILES string of the molecule is Cc1nn(CCCOc2ccccc2C#N)c(C)c1C. The van der Waals surface area contributed by atoms with Gasteiger partial charge in [0, 0.05) is 18.7 Å². The van der Waals surface area contributed by atoms with E-state index in [1.165, 1.54) is 11.3 Å². The number of ether oxygens (including phenoxy) is 1. The molecule has 0 saturated heterocycles. The number of hydrogen-bond donors (Lipinski definition) is 0. The topological polar surface area (TPSA) is 50.8 Å². The van der Waals surface area contributed by atoms with E-state index in [2.05, 4.69) is 25.0 Å². The van der Waals surface area contributed by atoms with E-state index >= 15 is 0 Å². The van der Waals surface area contributed by atoms with Crippen molar-refractivity contribution in [3.8, 4) is 11.8 Å². The monoisotopic (exact) mass is 269 g/mol. The average molecular weight is 269 g/mol. The van der Waals surface area contributed by atoms with Crippen molar-refractivity contribution in [2.75, 3.05) is 6.61 Å². The van der Waals surface area contributed by atoms with Gasteiger partial charge in [-0.05, 0) is 38.5 Å².